The fraction of sp³-hybridized carbons (Fsp3) is 0.818. The molecule has 0 aromatic carbocycles. The van der Waals surface area contributed by atoms with Crippen molar-refractivity contribution in [1.29, 1.82) is 0 Å². The molecule has 0 aliphatic carbocycles. The minimum Gasteiger partial charge on any atom is -0.403 e. The first-order valence-corrected chi connectivity index (χ1v) is 5.73. The van der Waals surface area contributed by atoms with Crippen LogP contribution in [0.1, 0.15) is 12.8 Å². The molecule has 0 aromatic heterocycles. The van der Waals surface area contributed by atoms with Gasteiger partial charge in [-0.05, 0) is 12.8 Å². The molecular formula is C11H21N3O. The van der Waals surface area contributed by atoms with E-state index in [-0.39, 0.29) is 0 Å². The molecule has 2 N–H and O–H groups in total. The van der Waals surface area contributed by atoms with Crippen molar-refractivity contribution >= 4 is 0 Å². The van der Waals surface area contributed by atoms with Gasteiger partial charge in [-0.2, -0.15) is 0 Å². The molecule has 2 rings (SSSR count). The molecule has 0 amide bonds. The standard InChI is InChI=1S/C11H21N3O/c1-13(7-4-12)10-2-5-14(6-3-10)11-8-15-9-11/h4,7,10-11H,2-3,5-6,8-9,12H2,1H3/b7-4-. The molecule has 15 heavy (non-hydrogen) atoms. The van der Waals surface area contributed by atoms with Gasteiger partial charge in [-0.1, -0.05) is 0 Å². The maximum absolute atomic E-state index is 5.39. The van der Waals surface area contributed by atoms with E-state index in [4.69, 9.17) is 10.5 Å². The molecule has 2 saturated heterocycles. The summed E-state index contributed by atoms with van der Waals surface area (Å²) in [5.74, 6) is 0. The molecule has 0 radical (unpaired) electrons. The second kappa shape index (κ2) is 4.86. The van der Waals surface area contributed by atoms with Gasteiger partial charge >= 0.3 is 0 Å². The summed E-state index contributed by atoms with van der Waals surface area (Å²) < 4.78 is 5.22. The van der Waals surface area contributed by atoms with Gasteiger partial charge in [0.05, 0.1) is 19.3 Å². The van der Waals surface area contributed by atoms with Gasteiger partial charge in [-0.3, -0.25) is 4.90 Å². The van der Waals surface area contributed by atoms with Crippen LogP contribution in [0.3, 0.4) is 0 Å². The Kier molecular flexibility index (Phi) is 3.49. The maximum Gasteiger partial charge on any atom is 0.0645 e. The van der Waals surface area contributed by atoms with E-state index in [9.17, 15) is 0 Å². The third-order valence-corrected chi connectivity index (χ3v) is 3.53. The zero-order valence-electron chi connectivity index (χ0n) is 9.43. The van der Waals surface area contributed by atoms with Gasteiger partial charge in [-0.25, -0.2) is 0 Å². The summed E-state index contributed by atoms with van der Waals surface area (Å²) in [5, 5.41) is 0. The molecule has 0 bridgehead atoms. The van der Waals surface area contributed by atoms with E-state index in [1.165, 1.54) is 25.9 Å². The lowest BCUT2D eigenvalue weighted by atomic mass is 10.0. The van der Waals surface area contributed by atoms with Crippen LogP contribution < -0.4 is 5.73 Å². The Morgan fingerprint density at radius 2 is 2.00 bits per heavy atom. The normalized spacial score (nSPS) is 25.7. The zero-order chi connectivity index (χ0) is 10.7. The number of piperidine rings is 1. The van der Waals surface area contributed by atoms with Crippen molar-refractivity contribution in [3.05, 3.63) is 12.4 Å². The molecule has 2 heterocycles. The largest absolute Gasteiger partial charge is 0.403 e. The Labute approximate surface area is 91.7 Å². The van der Waals surface area contributed by atoms with E-state index in [2.05, 4.69) is 16.8 Å². The van der Waals surface area contributed by atoms with Crippen LogP contribution in [0.15, 0.2) is 12.4 Å². The Balaban J connectivity index is 1.75. The van der Waals surface area contributed by atoms with Gasteiger partial charge in [0.15, 0.2) is 0 Å². The van der Waals surface area contributed by atoms with Gasteiger partial charge < -0.3 is 15.4 Å². The van der Waals surface area contributed by atoms with E-state index < -0.39 is 0 Å². The summed E-state index contributed by atoms with van der Waals surface area (Å²) in [4.78, 5) is 4.79. The lowest BCUT2D eigenvalue weighted by molar-refractivity contribution is -0.0742. The predicted molar refractivity (Wildman–Crippen MR) is 60.3 cm³/mol. The number of likely N-dealkylation sites (tertiary alicyclic amines) is 1. The quantitative estimate of drug-likeness (QED) is 0.724. The monoisotopic (exact) mass is 211 g/mol. The van der Waals surface area contributed by atoms with Gasteiger partial charge in [0.1, 0.15) is 0 Å². The first-order valence-electron chi connectivity index (χ1n) is 5.73. The lowest BCUT2D eigenvalue weighted by Gasteiger charge is -2.43. The second-order valence-electron chi connectivity index (χ2n) is 4.47. The zero-order valence-corrected chi connectivity index (χ0v) is 9.43. The van der Waals surface area contributed by atoms with E-state index in [1.807, 2.05) is 6.20 Å². The number of ether oxygens (including phenoxy) is 1. The molecule has 0 unspecified atom stereocenters. The van der Waals surface area contributed by atoms with Crippen molar-refractivity contribution < 1.29 is 4.74 Å². The van der Waals surface area contributed by atoms with Crippen LogP contribution in [-0.2, 0) is 4.74 Å². The van der Waals surface area contributed by atoms with Crippen LogP contribution in [0.2, 0.25) is 0 Å². The summed E-state index contributed by atoms with van der Waals surface area (Å²) in [7, 11) is 2.11. The lowest BCUT2D eigenvalue weighted by Crippen LogP contribution is -2.53. The van der Waals surface area contributed by atoms with Crippen molar-refractivity contribution in [1.82, 2.24) is 9.80 Å². The Morgan fingerprint density at radius 1 is 1.33 bits per heavy atom. The van der Waals surface area contributed by atoms with E-state index in [1.54, 1.807) is 6.20 Å². The molecule has 0 saturated carbocycles. The smallest absolute Gasteiger partial charge is 0.0645 e. The number of nitrogens with two attached hydrogens (primary N) is 1. The number of rotatable bonds is 3. The van der Waals surface area contributed by atoms with Crippen LogP contribution in [-0.4, -0.2) is 55.2 Å². The first-order chi connectivity index (χ1) is 7.31. The third-order valence-electron chi connectivity index (χ3n) is 3.53. The highest BCUT2D eigenvalue weighted by molar-refractivity contribution is 4.88. The van der Waals surface area contributed by atoms with Crippen LogP contribution >= 0.6 is 0 Å². The Bertz CT molecular complexity index is 220. The molecule has 2 fully saturated rings. The summed E-state index contributed by atoms with van der Waals surface area (Å²) in [6.45, 7) is 4.26. The number of hydrogen-bond acceptors (Lipinski definition) is 4. The van der Waals surface area contributed by atoms with Crippen molar-refractivity contribution in [3.63, 3.8) is 0 Å². The van der Waals surface area contributed by atoms with Crippen molar-refractivity contribution in [2.75, 3.05) is 33.4 Å². The average molecular weight is 211 g/mol. The minimum absolute atomic E-state index is 0.655. The fourth-order valence-corrected chi connectivity index (χ4v) is 2.35. The summed E-state index contributed by atoms with van der Waals surface area (Å²) in [6.07, 6.45) is 6.05. The first kappa shape index (κ1) is 10.8. The maximum atomic E-state index is 5.39. The topological polar surface area (TPSA) is 41.7 Å². The molecule has 4 nitrogen and oxygen atoms in total. The van der Waals surface area contributed by atoms with Crippen LogP contribution in [0.4, 0.5) is 0 Å². The van der Waals surface area contributed by atoms with Crippen molar-refractivity contribution in [2.45, 2.75) is 24.9 Å². The van der Waals surface area contributed by atoms with Crippen LogP contribution in [0.5, 0.6) is 0 Å². The molecule has 4 heteroatoms. The summed E-state index contributed by atoms with van der Waals surface area (Å²) in [6, 6.07) is 1.35. The second-order valence-corrected chi connectivity index (χ2v) is 4.47. The fourth-order valence-electron chi connectivity index (χ4n) is 2.35. The Hall–Kier alpha value is -0.740. The van der Waals surface area contributed by atoms with Crippen molar-refractivity contribution in [3.8, 4) is 0 Å². The highest BCUT2D eigenvalue weighted by Crippen LogP contribution is 2.20. The molecule has 2 aliphatic heterocycles. The minimum atomic E-state index is 0.655. The van der Waals surface area contributed by atoms with Crippen LogP contribution in [0, 0.1) is 0 Å². The van der Waals surface area contributed by atoms with Gasteiger partial charge in [0.2, 0.25) is 0 Å². The molecule has 0 aromatic rings. The van der Waals surface area contributed by atoms with Gasteiger partial charge in [0, 0.05) is 38.6 Å². The molecule has 2 aliphatic rings. The highest BCUT2D eigenvalue weighted by atomic mass is 16.5. The Morgan fingerprint density at radius 3 is 2.47 bits per heavy atom. The van der Waals surface area contributed by atoms with Gasteiger partial charge in [-0.15, -0.1) is 0 Å². The van der Waals surface area contributed by atoms with E-state index in [0.29, 0.717) is 12.1 Å². The highest BCUT2D eigenvalue weighted by Gasteiger charge is 2.30. The van der Waals surface area contributed by atoms with Crippen LogP contribution in [0.25, 0.3) is 0 Å². The molecule has 86 valence electrons. The van der Waals surface area contributed by atoms with Gasteiger partial charge in [0.25, 0.3) is 0 Å². The molecule has 0 atom stereocenters. The average Bonchev–Trinajstić information content (AvgIpc) is 2.16. The predicted octanol–water partition coefficient (Wildman–Crippen LogP) is 0.211. The number of hydrogen-bond donors (Lipinski definition) is 1. The molecule has 0 spiro atoms. The SMILES string of the molecule is CN(/C=C\N)C1CCN(C2COC2)CC1. The number of nitrogens with zero attached hydrogens (tertiary/aromatic N) is 2. The third kappa shape index (κ3) is 2.44. The summed E-state index contributed by atoms with van der Waals surface area (Å²) >= 11 is 0. The van der Waals surface area contributed by atoms with E-state index in [0.717, 1.165) is 13.2 Å². The van der Waals surface area contributed by atoms with E-state index >= 15 is 0 Å². The molecular weight excluding hydrogens is 190 g/mol. The van der Waals surface area contributed by atoms with Crippen molar-refractivity contribution in [2.24, 2.45) is 5.73 Å². The summed E-state index contributed by atoms with van der Waals surface area (Å²) in [5.41, 5.74) is 5.39.